The van der Waals surface area contributed by atoms with Crippen LogP contribution in [-0.2, 0) is 29.1 Å². The van der Waals surface area contributed by atoms with Crippen LogP contribution < -0.4 is 26.8 Å². The van der Waals surface area contributed by atoms with E-state index in [2.05, 4.69) is 38.8 Å². The van der Waals surface area contributed by atoms with Crippen LogP contribution in [0.2, 0.25) is 0 Å². The van der Waals surface area contributed by atoms with Crippen LogP contribution in [0.15, 0.2) is 102 Å². The van der Waals surface area contributed by atoms with Crippen molar-refractivity contribution in [2.24, 2.45) is 11.1 Å². The summed E-state index contributed by atoms with van der Waals surface area (Å²) in [7, 11) is 0. The molecule has 13 nitrogen and oxygen atoms in total. The van der Waals surface area contributed by atoms with E-state index in [0.29, 0.717) is 24.2 Å². The average molecular weight is 948 g/mol. The van der Waals surface area contributed by atoms with Gasteiger partial charge in [0.05, 0.1) is 0 Å². The number of fused-ring (bicyclic) bond motifs is 2. The van der Waals surface area contributed by atoms with Crippen molar-refractivity contribution in [3.63, 3.8) is 0 Å². The van der Waals surface area contributed by atoms with Crippen LogP contribution in [-0.4, -0.2) is 86.2 Å². The van der Waals surface area contributed by atoms with E-state index in [9.17, 15) is 24.7 Å². The summed E-state index contributed by atoms with van der Waals surface area (Å²) in [6.45, 7) is 6.32. The van der Waals surface area contributed by atoms with Gasteiger partial charge in [0.2, 0.25) is 0 Å². The van der Waals surface area contributed by atoms with Crippen LogP contribution in [0.4, 0.5) is 0 Å². The molecule has 1 saturated heterocycles. The van der Waals surface area contributed by atoms with Crippen LogP contribution in [0.5, 0.6) is 0 Å². The van der Waals surface area contributed by atoms with E-state index in [1.807, 2.05) is 83.8 Å². The van der Waals surface area contributed by atoms with Gasteiger partial charge in [0, 0.05) is 0 Å². The zero-order valence-corrected chi connectivity index (χ0v) is 36.8. The minimum absolute atomic E-state index is 0.0105. The first-order valence-corrected chi connectivity index (χ1v) is 23.2. The number of pyridine rings is 1. The number of nitrogens with zero attached hydrogens (tertiary/aromatic N) is 7. The number of aliphatic hydroxyl groups excluding tert-OH is 1. The SMILES string of the molecule is Cc1ncsc1-c1ccc(CNC(=O)[C@@H]2C[C@@H](O)CN2C(=O)[C@H](C(C)C)N2Cc3ccccc3C2=O)c([I-]n2cc(-c3ccc4c(c3)CC/C4=N\O)c(-c3ccncc3)n2)c1. The number of rotatable bonds is 11. The number of nitrogens with one attached hydrogen (secondary N) is 1. The molecule has 3 aromatic carbocycles. The van der Waals surface area contributed by atoms with Gasteiger partial charge in [-0.2, -0.15) is 0 Å². The third-order valence-corrected chi connectivity index (χ3v) is 15.2. The molecule has 1 aliphatic carbocycles. The maximum absolute atomic E-state index is 14.4. The van der Waals surface area contributed by atoms with Gasteiger partial charge in [0.1, 0.15) is 0 Å². The molecular weight excluding hydrogens is 904 g/mol. The summed E-state index contributed by atoms with van der Waals surface area (Å²) in [4.78, 5) is 54.9. The van der Waals surface area contributed by atoms with E-state index in [4.69, 9.17) is 5.10 Å². The fraction of sp³-hybridized carbons (Fsp3) is 0.283. The van der Waals surface area contributed by atoms with Crippen LogP contribution in [0.3, 0.4) is 0 Å². The second kappa shape index (κ2) is 16.9. The molecule has 2 aliphatic heterocycles. The first-order valence-electron chi connectivity index (χ1n) is 20.3. The molecule has 1 fully saturated rings. The monoisotopic (exact) mass is 947 g/mol. The zero-order valence-electron chi connectivity index (χ0n) is 33.8. The summed E-state index contributed by atoms with van der Waals surface area (Å²) in [6.07, 6.45) is 6.32. The van der Waals surface area contributed by atoms with Gasteiger partial charge in [-0.3, -0.25) is 0 Å². The molecule has 3 atom stereocenters. The minimum atomic E-state index is -0.981. The Labute approximate surface area is 367 Å². The summed E-state index contributed by atoms with van der Waals surface area (Å²) >= 11 is 0.597. The van der Waals surface area contributed by atoms with Crippen LogP contribution >= 0.6 is 11.3 Å². The van der Waals surface area contributed by atoms with Crippen molar-refractivity contribution in [2.75, 3.05) is 6.54 Å². The quantitative estimate of drug-likeness (QED) is 0.101. The number of benzene rings is 3. The number of aromatic nitrogens is 4. The van der Waals surface area contributed by atoms with E-state index < -0.39 is 39.7 Å². The van der Waals surface area contributed by atoms with Gasteiger partial charge >= 0.3 is 345 Å². The number of oxime groups is 1. The first-order chi connectivity index (χ1) is 29.6. The van der Waals surface area contributed by atoms with Crippen molar-refractivity contribution in [1.82, 2.24) is 33.1 Å². The van der Waals surface area contributed by atoms with Crippen molar-refractivity contribution in [1.29, 1.82) is 0 Å². The molecule has 312 valence electrons. The molecule has 3 aromatic heterocycles. The van der Waals surface area contributed by atoms with Crippen LogP contribution in [0, 0.1) is 16.4 Å². The Balaban J connectivity index is 0.999. The molecule has 3 N–H and O–H groups in total. The van der Waals surface area contributed by atoms with Crippen molar-refractivity contribution in [3.8, 4) is 32.8 Å². The summed E-state index contributed by atoms with van der Waals surface area (Å²) in [5.74, 6) is -1.12. The molecule has 9 rings (SSSR count). The van der Waals surface area contributed by atoms with Crippen molar-refractivity contribution in [3.05, 3.63) is 134 Å². The topological polar surface area (TPSA) is 166 Å². The number of likely N-dealkylation sites (tertiary alicyclic amines) is 1. The van der Waals surface area contributed by atoms with E-state index in [1.165, 1.54) is 4.90 Å². The number of hydrogen-bond acceptors (Lipinski definition) is 10. The summed E-state index contributed by atoms with van der Waals surface area (Å²) in [5, 5.41) is 32.2. The summed E-state index contributed by atoms with van der Waals surface area (Å²) in [6, 6.07) is 22.1. The summed E-state index contributed by atoms with van der Waals surface area (Å²) in [5.41, 5.74) is 12.7. The number of halogens is 1. The summed E-state index contributed by atoms with van der Waals surface area (Å²) < 4.78 is 3.07. The predicted molar refractivity (Wildman–Crippen MR) is 227 cm³/mol. The fourth-order valence-corrected chi connectivity index (χ4v) is 11.9. The number of β-amino-alcohol motifs (C(OH)–C–C–N with tert-alkyl or cyclic N) is 1. The van der Waals surface area contributed by atoms with Gasteiger partial charge in [-0.25, -0.2) is 0 Å². The Kier molecular flexibility index (Phi) is 11.3. The maximum atomic E-state index is 14.4. The number of aryl methyl sites for hydroxylation is 2. The van der Waals surface area contributed by atoms with Crippen molar-refractivity contribution < 1.29 is 46.2 Å². The Bertz CT molecular complexity index is 2700. The van der Waals surface area contributed by atoms with Gasteiger partial charge < -0.3 is 0 Å². The molecular formula is C46H44IN8O5S-. The second-order valence-corrected chi connectivity index (χ2v) is 19.5. The predicted octanol–water partition coefficient (Wildman–Crippen LogP) is 3.15. The molecule has 15 heteroatoms. The van der Waals surface area contributed by atoms with Gasteiger partial charge in [0.15, 0.2) is 0 Å². The zero-order chi connectivity index (χ0) is 42.4. The Morgan fingerprint density at radius 2 is 1.77 bits per heavy atom. The molecule has 0 spiro atoms. The van der Waals surface area contributed by atoms with Gasteiger partial charge in [-0.05, 0) is 6.07 Å². The third kappa shape index (κ3) is 7.85. The number of aliphatic hydroxyl groups is 1. The molecule has 0 saturated carbocycles. The Hall–Kier alpha value is -5.78. The van der Waals surface area contributed by atoms with E-state index in [1.54, 1.807) is 34.7 Å². The molecule has 3 aliphatic rings. The molecule has 0 bridgehead atoms. The molecule has 3 amide bonds. The molecule has 0 unspecified atom stereocenters. The Morgan fingerprint density at radius 3 is 2.52 bits per heavy atom. The number of amides is 3. The number of carbonyl (C=O) groups excluding carboxylic acids is 3. The van der Waals surface area contributed by atoms with Crippen molar-refractivity contribution in [2.45, 2.75) is 71.3 Å². The average Bonchev–Trinajstić information content (AvgIpc) is 4.11. The molecule has 0 radical (unpaired) electrons. The normalized spacial score (nSPS) is 18.3. The number of carbonyl (C=O) groups is 3. The van der Waals surface area contributed by atoms with Gasteiger partial charge in [-0.1, -0.05) is 18.2 Å². The van der Waals surface area contributed by atoms with E-state index in [0.717, 1.165) is 70.8 Å². The fourth-order valence-electron chi connectivity index (χ4n) is 8.70. The van der Waals surface area contributed by atoms with Gasteiger partial charge in [-0.15, -0.1) is 0 Å². The Morgan fingerprint density at radius 1 is 0.967 bits per heavy atom. The standard InChI is InChI=1S/C46H44IN8O5S/c1-26(2)42(54-22-33-6-4-5-7-36(33)45(54)58)46(59)53-23-34(56)20-40(53)44(57)49-21-32-9-8-31(43-27(3)50-25-61-43)19-38(32)47-55-24-37(41(51-55)28-14-16-48-17-15-28)30-10-12-35-29(18-30)11-13-39(35)52-60/h4-10,12,14-19,24-26,34,40,42,56,60H,11,13,20-23H2,1-3H3,(H,49,57)/q-1/b52-39+/t34-,40+,42+/m1/s1. The first kappa shape index (κ1) is 40.6. The molecule has 61 heavy (non-hydrogen) atoms. The van der Waals surface area contributed by atoms with E-state index in [-0.39, 0.29) is 43.1 Å². The molecule has 5 heterocycles. The third-order valence-electron chi connectivity index (χ3n) is 11.7. The van der Waals surface area contributed by atoms with E-state index >= 15 is 0 Å². The second-order valence-electron chi connectivity index (χ2n) is 16.0. The van der Waals surface area contributed by atoms with Gasteiger partial charge in [0.25, 0.3) is 0 Å². The number of thiazole rings is 1. The van der Waals surface area contributed by atoms with Crippen molar-refractivity contribution >= 4 is 34.8 Å². The van der Waals surface area contributed by atoms with Crippen LogP contribution in [0.1, 0.15) is 65.0 Å². The van der Waals surface area contributed by atoms with Crippen LogP contribution in [0.25, 0.3) is 32.8 Å². The number of hydrogen-bond donors (Lipinski definition) is 3. The molecule has 6 aromatic rings.